The minimum atomic E-state index is -0.568. The number of carbonyl (C=O) groups is 1. The van der Waals surface area contributed by atoms with E-state index in [1.54, 1.807) is 24.3 Å². The lowest BCUT2D eigenvalue weighted by atomic mass is 10.2. The molecule has 0 atom stereocenters. The van der Waals surface area contributed by atoms with Crippen LogP contribution in [0.25, 0.3) is 11.1 Å². The third-order valence-electron chi connectivity index (χ3n) is 3.17. The van der Waals surface area contributed by atoms with Crippen LogP contribution in [0.3, 0.4) is 0 Å². The molecule has 0 saturated carbocycles. The number of rotatable bonds is 4. The summed E-state index contributed by atoms with van der Waals surface area (Å²) in [6.07, 6.45) is 0. The number of oxazole rings is 1. The van der Waals surface area contributed by atoms with Crippen molar-refractivity contribution in [3.8, 4) is 0 Å². The molecule has 0 N–H and O–H groups in total. The van der Waals surface area contributed by atoms with E-state index in [4.69, 9.17) is 9.15 Å². The van der Waals surface area contributed by atoms with Crippen LogP contribution < -0.4 is 5.76 Å². The standard InChI is InChI=1S/C16H12BrNO4/c17-12-7-5-11(6-8-12)10-21-15(19)9-18-13-3-1-2-4-14(13)22-16(18)20/h1-8H,9-10H2. The summed E-state index contributed by atoms with van der Waals surface area (Å²) >= 11 is 3.34. The van der Waals surface area contributed by atoms with Gasteiger partial charge in [-0.1, -0.05) is 40.2 Å². The zero-order valence-corrected chi connectivity index (χ0v) is 13.1. The number of benzene rings is 2. The molecule has 6 heteroatoms. The normalized spacial score (nSPS) is 10.8. The van der Waals surface area contributed by atoms with Gasteiger partial charge in [-0.15, -0.1) is 0 Å². The molecule has 0 bridgehead atoms. The number of hydrogen-bond donors (Lipinski definition) is 0. The van der Waals surface area contributed by atoms with Gasteiger partial charge < -0.3 is 9.15 Å². The number of para-hydroxylation sites is 2. The molecule has 2 aromatic carbocycles. The molecule has 0 amide bonds. The van der Waals surface area contributed by atoms with E-state index in [0.717, 1.165) is 10.0 Å². The Hall–Kier alpha value is -2.34. The number of fused-ring (bicyclic) bond motifs is 1. The first kappa shape index (κ1) is 14.6. The predicted molar refractivity (Wildman–Crippen MR) is 84.4 cm³/mol. The minimum absolute atomic E-state index is 0.163. The second kappa shape index (κ2) is 6.19. The Bertz CT molecular complexity index is 864. The van der Waals surface area contributed by atoms with Crippen LogP contribution in [0.1, 0.15) is 5.56 Å². The number of carbonyl (C=O) groups excluding carboxylic acids is 1. The lowest BCUT2D eigenvalue weighted by Gasteiger charge is -2.05. The highest BCUT2D eigenvalue weighted by Crippen LogP contribution is 2.13. The Morgan fingerprint density at radius 2 is 1.86 bits per heavy atom. The molecule has 22 heavy (non-hydrogen) atoms. The van der Waals surface area contributed by atoms with Gasteiger partial charge in [-0.05, 0) is 29.8 Å². The Morgan fingerprint density at radius 3 is 2.64 bits per heavy atom. The van der Waals surface area contributed by atoms with E-state index in [-0.39, 0.29) is 13.2 Å². The smallest absolute Gasteiger partial charge is 0.420 e. The second-order valence-electron chi connectivity index (χ2n) is 4.71. The van der Waals surface area contributed by atoms with Crippen molar-refractivity contribution in [2.45, 2.75) is 13.2 Å². The molecule has 0 aliphatic heterocycles. The molecule has 0 saturated heterocycles. The van der Waals surface area contributed by atoms with Gasteiger partial charge in [0.2, 0.25) is 0 Å². The minimum Gasteiger partial charge on any atom is -0.459 e. The first-order chi connectivity index (χ1) is 10.6. The van der Waals surface area contributed by atoms with Crippen molar-refractivity contribution in [3.63, 3.8) is 0 Å². The second-order valence-corrected chi connectivity index (χ2v) is 5.62. The molecule has 112 valence electrons. The molecule has 3 aromatic rings. The first-order valence-corrected chi connectivity index (χ1v) is 7.41. The molecule has 0 aliphatic carbocycles. The third-order valence-corrected chi connectivity index (χ3v) is 3.70. The monoisotopic (exact) mass is 361 g/mol. The predicted octanol–water partition coefficient (Wildman–Crippen LogP) is 3.10. The summed E-state index contributed by atoms with van der Waals surface area (Å²) in [6.45, 7) is -0.0109. The molecule has 0 unspecified atom stereocenters. The number of hydrogen-bond acceptors (Lipinski definition) is 4. The zero-order valence-electron chi connectivity index (χ0n) is 11.5. The van der Waals surface area contributed by atoms with Crippen molar-refractivity contribution >= 4 is 33.0 Å². The summed E-state index contributed by atoms with van der Waals surface area (Å²) in [7, 11) is 0. The SMILES string of the molecule is O=C(Cn1c(=O)oc2ccccc21)OCc1ccc(Br)cc1. The molecule has 0 aliphatic rings. The van der Waals surface area contributed by atoms with E-state index in [9.17, 15) is 9.59 Å². The largest absolute Gasteiger partial charge is 0.459 e. The molecular formula is C16H12BrNO4. The van der Waals surface area contributed by atoms with E-state index in [1.165, 1.54) is 4.57 Å². The van der Waals surface area contributed by atoms with E-state index < -0.39 is 11.7 Å². The number of ether oxygens (including phenoxy) is 1. The van der Waals surface area contributed by atoms with Crippen LogP contribution in [0.4, 0.5) is 0 Å². The first-order valence-electron chi connectivity index (χ1n) is 6.62. The highest BCUT2D eigenvalue weighted by Gasteiger charge is 2.13. The van der Waals surface area contributed by atoms with E-state index in [0.29, 0.717) is 11.1 Å². The maximum Gasteiger partial charge on any atom is 0.420 e. The Labute approximate surface area is 134 Å². The average Bonchev–Trinajstić information content (AvgIpc) is 2.83. The third kappa shape index (κ3) is 3.12. The summed E-state index contributed by atoms with van der Waals surface area (Å²) in [5.41, 5.74) is 1.90. The molecule has 0 spiro atoms. The van der Waals surface area contributed by atoms with Crippen molar-refractivity contribution in [1.82, 2.24) is 4.57 Å². The zero-order chi connectivity index (χ0) is 15.5. The molecule has 1 heterocycles. The van der Waals surface area contributed by atoms with Crippen molar-refractivity contribution in [2.75, 3.05) is 0 Å². The van der Waals surface area contributed by atoms with Gasteiger partial charge in [0.25, 0.3) is 0 Å². The van der Waals surface area contributed by atoms with Gasteiger partial charge in [0.05, 0.1) is 5.52 Å². The fraction of sp³-hybridized carbons (Fsp3) is 0.125. The van der Waals surface area contributed by atoms with Crippen LogP contribution >= 0.6 is 15.9 Å². The summed E-state index contributed by atoms with van der Waals surface area (Å²) in [4.78, 5) is 23.7. The quantitative estimate of drug-likeness (QED) is 0.670. The van der Waals surface area contributed by atoms with Crippen molar-refractivity contribution in [1.29, 1.82) is 0 Å². The number of aromatic nitrogens is 1. The number of nitrogens with zero attached hydrogens (tertiary/aromatic N) is 1. The van der Waals surface area contributed by atoms with Crippen molar-refractivity contribution < 1.29 is 13.9 Å². The van der Waals surface area contributed by atoms with Crippen LogP contribution in [0, 0.1) is 0 Å². The summed E-state index contributed by atoms with van der Waals surface area (Å²) in [5, 5.41) is 0. The van der Waals surface area contributed by atoms with Crippen molar-refractivity contribution in [2.24, 2.45) is 0 Å². The number of halogens is 1. The highest BCUT2D eigenvalue weighted by molar-refractivity contribution is 9.10. The maximum absolute atomic E-state index is 11.9. The van der Waals surface area contributed by atoms with Crippen LogP contribution in [0.2, 0.25) is 0 Å². The Balaban J connectivity index is 1.69. The van der Waals surface area contributed by atoms with Crippen LogP contribution in [0.15, 0.2) is 62.2 Å². The lowest BCUT2D eigenvalue weighted by Crippen LogP contribution is -2.21. The fourth-order valence-electron chi connectivity index (χ4n) is 2.08. The Kier molecular flexibility index (Phi) is 4.11. The van der Waals surface area contributed by atoms with E-state index in [1.807, 2.05) is 24.3 Å². The topological polar surface area (TPSA) is 61.4 Å². The lowest BCUT2D eigenvalue weighted by molar-refractivity contribution is -0.145. The van der Waals surface area contributed by atoms with Crippen LogP contribution in [0.5, 0.6) is 0 Å². The molecule has 3 rings (SSSR count). The van der Waals surface area contributed by atoms with Gasteiger partial charge in [-0.25, -0.2) is 4.79 Å². The van der Waals surface area contributed by atoms with Crippen LogP contribution in [-0.4, -0.2) is 10.5 Å². The van der Waals surface area contributed by atoms with Gasteiger partial charge >= 0.3 is 11.7 Å². The maximum atomic E-state index is 11.9. The van der Waals surface area contributed by atoms with Crippen molar-refractivity contribution in [3.05, 3.63) is 69.1 Å². The molecule has 0 fully saturated rings. The molecular weight excluding hydrogens is 350 g/mol. The summed E-state index contributed by atoms with van der Waals surface area (Å²) in [6, 6.07) is 14.4. The van der Waals surface area contributed by atoms with Gasteiger partial charge in [-0.3, -0.25) is 9.36 Å². The summed E-state index contributed by atoms with van der Waals surface area (Å²) < 4.78 is 12.5. The van der Waals surface area contributed by atoms with Gasteiger partial charge in [0.15, 0.2) is 5.58 Å². The molecule has 5 nitrogen and oxygen atoms in total. The molecule has 0 radical (unpaired) electrons. The van der Waals surface area contributed by atoms with Crippen LogP contribution in [-0.2, 0) is 22.7 Å². The van der Waals surface area contributed by atoms with Gasteiger partial charge in [0, 0.05) is 4.47 Å². The average molecular weight is 362 g/mol. The van der Waals surface area contributed by atoms with Gasteiger partial charge in [0.1, 0.15) is 13.2 Å². The number of esters is 1. The highest BCUT2D eigenvalue weighted by atomic mass is 79.9. The Morgan fingerprint density at radius 1 is 1.14 bits per heavy atom. The fourth-order valence-corrected chi connectivity index (χ4v) is 2.35. The van der Waals surface area contributed by atoms with Gasteiger partial charge in [-0.2, -0.15) is 0 Å². The molecule has 1 aromatic heterocycles. The van der Waals surface area contributed by atoms with E-state index >= 15 is 0 Å². The summed E-state index contributed by atoms with van der Waals surface area (Å²) in [5.74, 6) is -1.06. The van der Waals surface area contributed by atoms with E-state index in [2.05, 4.69) is 15.9 Å².